The predicted octanol–water partition coefficient (Wildman–Crippen LogP) is 4.11. The predicted molar refractivity (Wildman–Crippen MR) is 84.9 cm³/mol. The second-order valence-electron chi connectivity index (χ2n) is 5.33. The molecule has 1 unspecified atom stereocenters. The Morgan fingerprint density at radius 1 is 1.33 bits per heavy atom. The molecule has 18 heavy (non-hydrogen) atoms. The third kappa shape index (κ3) is 3.70. The quantitative estimate of drug-likeness (QED) is 0.741. The summed E-state index contributed by atoms with van der Waals surface area (Å²) in [5.41, 5.74) is 1.97. The molecule has 0 spiro atoms. The lowest BCUT2D eigenvalue weighted by Crippen LogP contribution is -2.36. The van der Waals surface area contributed by atoms with Gasteiger partial charge in [0.25, 0.3) is 5.91 Å². The second-order valence-corrected chi connectivity index (χ2v) is 6.41. The summed E-state index contributed by atoms with van der Waals surface area (Å²) in [5.74, 6) is 0.725. The molecular weight excluding hydrogens is 337 g/mol. The molecule has 0 aromatic heterocycles. The summed E-state index contributed by atoms with van der Waals surface area (Å²) in [4.78, 5) is 14.3. The first-order chi connectivity index (χ1) is 8.34. The second kappa shape index (κ2) is 6.55. The van der Waals surface area contributed by atoms with Crippen LogP contribution in [0.3, 0.4) is 0 Å². The maximum Gasteiger partial charge on any atom is 0.254 e. The van der Waals surface area contributed by atoms with Gasteiger partial charge in [-0.3, -0.25) is 4.79 Å². The summed E-state index contributed by atoms with van der Waals surface area (Å²) in [6.45, 7) is 8.52. The SMILES string of the molecule is Cc1cccc(C(=O)N(C)C(C)CC(C)C)c1I. The van der Waals surface area contributed by atoms with Crippen LogP contribution in [0.1, 0.15) is 43.1 Å². The number of halogens is 1. The van der Waals surface area contributed by atoms with Crippen molar-refractivity contribution >= 4 is 28.5 Å². The number of benzene rings is 1. The van der Waals surface area contributed by atoms with Gasteiger partial charge in [-0.2, -0.15) is 0 Å². The number of nitrogens with zero attached hydrogens (tertiary/aromatic N) is 1. The Balaban J connectivity index is 2.90. The molecule has 0 radical (unpaired) electrons. The van der Waals surface area contributed by atoms with Crippen molar-refractivity contribution in [2.45, 2.75) is 40.2 Å². The van der Waals surface area contributed by atoms with E-state index >= 15 is 0 Å². The smallest absolute Gasteiger partial charge is 0.254 e. The lowest BCUT2D eigenvalue weighted by atomic mass is 10.0. The minimum absolute atomic E-state index is 0.122. The van der Waals surface area contributed by atoms with Crippen LogP contribution < -0.4 is 0 Å². The largest absolute Gasteiger partial charge is 0.339 e. The van der Waals surface area contributed by atoms with Crippen molar-refractivity contribution < 1.29 is 4.79 Å². The Bertz CT molecular complexity index is 429. The van der Waals surface area contributed by atoms with E-state index in [0.717, 1.165) is 21.1 Å². The molecule has 0 N–H and O–H groups in total. The molecule has 0 saturated carbocycles. The fourth-order valence-electron chi connectivity index (χ4n) is 2.04. The van der Waals surface area contributed by atoms with Gasteiger partial charge in [0, 0.05) is 16.7 Å². The van der Waals surface area contributed by atoms with Gasteiger partial charge in [-0.15, -0.1) is 0 Å². The lowest BCUT2D eigenvalue weighted by molar-refractivity contribution is 0.0727. The van der Waals surface area contributed by atoms with Gasteiger partial charge in [-0.25, -0.2) is 0 Å². The molecule has 1 atom stereocenters. The van der Waals surface area contributed by atoms with Gasteiger partial charge in [-0.1, -0.05) is 26.0 Å². The molecule has 0 aliphatic carbocycles. The Kier molecular flexibility index (Phi) is 5.63. The molecule has 0 heterocycles. The molecule has 0 saturated heterocycles. The zero-order valence-electron chi connectivity index (χ0n) is 11.8. The van der Waals surface area contributed by atoms with Gasteiger partial charge in [0.05, 0.1) is 5.56 Å². The lowest BCUT2D eigenvalue weighted by Gasteiger charge is -2.27. The maximum atomic E-state index is 12.5. The van der Waals surface area contributed by atoms with E-state index in [-0.39, 0.29) is 11.9 Å². The van der Waals surface area contributed by atoms with E-state index in [1.807, 2.05) is 37.1 Å². The van der Waals surface area contributed by atoms with Crippen molar-refractivity contribution in [3.05, 3.63) is 32.9 Å². The molecule has 0 fully saturated rings. The van der Waals surface area contributed by atoms with E-state index in [9.17, 15) is 4.79 Å². The molecule has 0 aliphatic heterocycles. The van der Waals surface area contributed by atoms with E-state index in [1.54, 1.807) is 0 Å². The fourth-order valence-corrected chi connectivity index (χ4v) is 2.63. The first-order valence-electron chi connectivity index (χ1n) is 6.36. The molecule has 1 amide bonds. The van der Waals surface area contributed by atoms with Crippen molar-refractivity contribution in [1.29, 1.82) is 0 Å². The summed E-state index contributed by atoms with van der Waals surface area (Å²) < 4.78 is 1.06. The number of amides is 1. The molecule has 2 nitrogen and oxygen atoms in total. The van der Waals surface area contributed by atoms with E-state index in [1.165, 1.54) is 0 Å². The first kappa shape index (κ1) is 15.5. The minimum Gasteiger partial charge on any atom is -0.339 e. The number of hydrogen-bond donors (Lipinski definition) is 0. The van der Waals surface area contributed by atoms with Crippen LogP contribution in [0.4, 0.5) is 0 Å². The Morgan fingerprint density at radius 3 is 2.50 bits per heavy atom. The molecule has 3 heteroatoms. The van der Waals surface area contributed by atoms with Crippen LogP contribution >= 0.6 is 22.6 Å². The van der Waals surface area contributed by atoms with Crippen molar-refractivity contribution in [3.8, 4) is 0 Å². The van der Waals surface area contributed by atoms with Crippen molar-refractivity contribution in [1.82, 2.24) is 4.90 Å². The molecule has 1 rings (SSSR count). The van der Waals surface area contributed by atoms with Crippen molar-refractivity contribution in [3.63, 3.8) is 0 Å². The van der Waals surface area contributed by atoms with Crippen molar-refractivity contribution in [2.75, 3.05) is 7.05 Å². The van der Waals surface area contributed by atoms with Gasteiger partial charge in [0.2, 0.25) is 0 Å². The van der Waals surface area contributed by atoms with Gasteiger partial charge >= 0.3 is 0 Å². The maximum absolute atomic E-state index is 12.5. The molecular formula is C15H22INO. The zero-order valence-corrected chi connectivity index (χ0v) is 14.0. The number of carbonyl (C=O) groups excluding carboxylic acids is 1. The van der Waals surface area contributed by atoms with Crippen LogP contribution in [0, 0.1) is 16.4 Å². The Labute approximate surface area is 124 Å². The number of carbonyl (C=O) groups is 1. The van der Waals surface area contributed by atoms with E-state index in [0.29, 0.717) is 5.92 Å². The average molecular weight is 359 g/mol. The van der Waals surface area contributed by atoms with Crippen LogP contribution in [0.25, 0.3) is 0 Å². The third-order valence-corrected chi connectivity index (χ3v) is 4.65. The number of rotatable bonds is 4. The van der Waals surface area contributed by atoms with Gasteiger partial charge in [0.15, 0.2) is 0 Å². The monoisotopic (exact) mass is 359 g/mol. The summed E-state index contributed by atoms with van der Waals surface area (Å²) >= 11 is 2.25. The highest BCUT2D eigenvalue weighted by Gasteiger charge is 2.20. The highest BCUT2D eigenvalue weighted by molar-refractivity contribution is 14.1. The molecule has 0 aliphatic rings. The van der Waals surface area contributed by atoms with Crippen LogP contribution in [-0.2, 0) is 0 Å². The zero-order chi connectivity index (χ0) is 13.9. The molecule has 1 aromatic rings. The normalized spacial score (nSPS) is 12.6. The molecule has 0 bridgehead atoms. The van der Waals surface area contributed by atoms with Crippen molar-refractivity contribution in [2.24, 2.45) is 5.92 Å². The highest BCUT2D eigenvalue weighted by atomic mass is 127. The summed E-state index contributed by atoms with van der Waals surface area (Å²) in [6, 6.07) is 6.17. The Hall–Kier alpha value is -0.580. The third-order valence-electron chi connectivity index (χ3n) is 3.22. The van der Waals surface area contributed by atoms with Crippen LogP contribution in [0.5, 0.6) is 0 Å². The molecule has 1 aromatic carbocycles. The Morgan fingerprint density at radius 2 is 1.94 bits per heavy atom. The topological polar surface area (TPSA) is 20.3 Å². The summed E-state index contributed by atoms with van der Waals surface area (Å²) in [7, 11) is 1.90. The summed E-state index contributed by atoms with van der Waals surface area (Å²) in [5, 5.41) is 0. The molecule has 100 valence electrons. The van der Waals surface area contributed by atoms with E-state index < -0.39 is 0 Å². The number of aryl methyl sites for hydroxylation is 1. The fraction of sp³-hybridized carbons (Fsp3) is 0.533. The van der Waals surface area contributed by atoms with Gasteiger partial charge < -0.3 is 4.90 Å². The van der Waals surface area contributed by atoms with Gasteiger partial charge in [0.1, 0.15) is 0 Å². The standard InChI is InChI=1S/C15H22INO/c1-10(2)9-12(4)17(5)15(18)13-8-6-7-11(3)14(13)16/h6-8,10,12H,9H2,1-5H3. The first-order valence-corrected chi connectivity index (χ1v) is 7.44. The van der Waals surface area contributed by atoms with E-state index in [2.05, 4.69) is 43.4 Å². The van der Waals surface area contributed by atoms with Crippen LogP contribution in [-0.4, -0.2) is 23.9 Å². The number of hydrogen-bond acceptors (Lipinski definition) is 1. The van der Waals surface area contributed by atoms with Crippen LogP contribution in [0.2, 0.25) is 0 Å². The van der Waals surface area contributed by atoms with Gasteiger partial charge in [-0.05, 0) is 60.4 Å². The van der Waals surface area contributed by atoms with Crippen LogP contribution in [0.15, 0.2) is 18.2 Å². The van der Waals surface area contributed by atoms with E-state index in [4.69, 9.17) is 0 Å². The highest BCUT2D eigenvalue weighted by Crippen LogP contribution is 2.20. The summed E-state index contributed by atoms with van der Waals surface area (Å²) in [6.07, 6.45) is 1.03. The minimum atomic E-state index is 0.122. The average Bonchev–Trinajstić information content (AvgIpc) is 2.30.